The number of pyridine rings is 2. The Balaban J connectivity index is 1.73. The topological polar surface area (TPSA) is 121 Å². The van der Waals surface area contributed by atoms with Crippen LogP contribution in [0, 0.1) is 12.7 Å². The zero-order valence-electron chi connectivity index (χ0n) is 19.7. The van der Waals surface area contributed by atoms with E-state index in [1.54, 1.807) is 19.1 Å². The van der Waals surface area contributed by atoms with E-state index < -0.39 is 26.3 Å². The van der Waals surface area contributed by atoms with Crippen LogP contribution in [0.2, 0.25) is 0 Å². The van der Waals surface area contributed by atoms with E-state index in [4.69, 9.17) is 14.2 Å². The first-order valence-electron chi connectivity index (χ1n) is 10.7. The van der Waals surface area contributed by atoms with Crippen LogP contribution < -0.4 is 19.8 Å². The number of halogens is 1. The Morgan fingerprint density at radius 2 is 1.83 bits per heavy atom. The standard InChI is InChI=1S/C24H23FN4O6S/c1-15-4-6-21(18(25)10-15)36(31,32)28-19-11-17(12-27-23(19)34-3)16-5-7-22-26-13-20(35-9-8-33-2)24(30)29(22)14-16/h4-7,10-14,28H,8-9H2,1-3H3. The lowest BCUT2D eigenvalue weighted by atomic mass is 10.1. The first kappa shape index (κ1) is 25.1. The molecule has 0 aliphatic rings. The number of hydrogen-bond acceptors (Lipinski definition) is 8. The van der Waals surface area contributed by atoms with Gasteiger partial charge in [0, 0.05) is 30.6 Å². The maximum absolute atomic E-state index is 14.4. The number of aryl methyl sites for hydroxylation is 1. The van der Waals surface area contributed by atoms with Gasteiger partial charge in [0.2, 0.25) is 11.6 Å². The highest BCUT2D eigenvalue weighted by Crippen LogP contribution is 2.30. The molecule has 3 heterocycles. The molecule has 4 rings (SSSR count). The van der Waals surface area contributed by atoms with Crippen molar-refractivity contribution < 1.29 is 27.0 Å². The normalized spacial score (nSPS) is 11.4. The molecule has 0 saturated carbocycles. The molecule has 3 aromatic heterocycles. The number of methoxy groups -OCH3 is 2. The third-order valence-electron chi connectivity index (χ3n) is 5.21. The fourth-order valence-corrected chi connectivity index (χ4v) is 4.54. The number of benzene rings is 1. The average molecular weight is 515 g/mol. The smallest absolute Gasteiger partial charge is 0.300 e. The van der Waals surface area contributed by atoms with Crippen molar-refractivity contribution in [1.82, 2.24) is 14.4 Å². The SMILES string of the molecule is COCCOc1cnc2ccc(-c3cnc(OC)c(NS(=O)(=O)c4ccc(C)cc4F)c3)cn2c1=O. The fraction of sp³-hybridized carbons (Fsp3) is 0.208. The predicted octanol–water partition coefficient (Wildman–Crippen LogP) is 3.04. The average Bonchev–Trinajstić information content (AvgIpc) is 2.85. The van der Waals surface area contributed by atoms with Crippen molar-refractivity contribution in [2.24, 2.45) is 0 Å². The Morgan fingerprint density at radius 1 is 1.03 bits per heavy atom. The molecule has 10 nitrogen and oxygen atoms in total. The summed E-state index contributed by atoms with van der Waals surface area (Å²) in [5.41, 5.74) is 1.56. The molecule has 0 atom stereocenters. The number of ether oxygens (including phenoxy) is 3. The number of nitrogens with one attached hydrogen (secondary N) is 1. The van der Waals surface area contributed by atoms with Crippen molar-refractivity contribution in [2.45, 2.75) is 11.8 Å². The summed E-state index contributed by atoms with van der Waals surface area (Å²) in [5.74, 6) is -0.832. The second-order valence-corrected chi connectivity index (χ2v) is 9.39. The van der Waals surface area contributed by atoms with Crippen molar-refractivity contribution in [1.29, 1.82) is 0 Å². The molecule has 0 amide bonds. The van der Waals surface area contributed by atoms with Crippen LogP contribution in [0.15, 0.2) is 64.7 Å². The van der Waals surface area contributed by atoms with Crippen LogP contribution in [-0.4, -0.2) is 50.2 Å². The molecular formula is C24H23FN4O6S. The van der Waals surface area contributed by atoms with Crippen molar-refractivity contribution in [3.63, 3.8) is 0 Å². The van der Waals surface area contributed by atoms with Gasteiger partial charge in [-0.25, -0.2) is 22.8 Å². The number of fused-ring (bicyclic) bond motifs is 1. The fourth-order valence-electron chi connectivity index (χ4n) is 3.43. The van der Waals surface area contributed by atoms with Gasteiger partial charge in [0.15, 0.2) is 0 Å². The van der Waals surface area contributed by atoms with Crippen LogP contribution in [0.1, 0.15) is 5.56 Å². The van der Waals surface area contributed by atoms with Crippen molar-refractivity contribution in [3.05, 3.63) is 76.7 Å². The van der Waals surface area contributed by atoms with Crippen LogP contribution in [0.4, 0.5) is 10.1 Å². The predicted molar refractivity (Wildman–Crippen MR) is 131 cm³/mol. The van der Waals surface area contributed by atoms with Gasteiger partial charge in [0.05, 0.1) is 19.9 Å². The van der Waals surface area contributed by atoms with Gasteiger partial charge >= 0.3 is 0 Å². The van der Waals surface area contributed by atoms with Gasteiger partial charge in [-0.05, 0) is 42.8 Å². The van der Waals surface area contributed by atoms with E-state index in [0.717, 1.165) is 6.07 Å². The number of rotatable bonds is 9. The highest BCUT2D eigenvalue weighted by molar-refractivity contribution is 7.92. The van der Waals surface area contributed by atoms with Gasteiger partial charge in [-0.15, -0.1) is 0 Å². The molecule has 0 aliphatic carbocycles. The molecule has 0 bridgehead atoms. The molecule has 1 aromatic carbocycles. The molecule has 1 N–H and O–H groups in total. The summed E-state index contributed by atoms with van der Waals surface area (Å²) < 4.78 is 59.4. The van der Waals surface area contributed by atoms with Crippen LogP contribution >= 0.6 is 0 Å². The maximum atomic E-state index is 14.4. The van der Waals surface area contributed by atoms with Crippen LogP contribution in [0.5, 0.6) is 11.6 Å². The summed E-state index contributed by atoms with van der Waals surface area (Å²) >= 11 is 0. The number of anilines is 1. The van der Waals surface area contributed by atoms with Gasteiger partial charge < -0.3 is 14.2 Å². The van der Waals surface area contributed by atoms with Gasteiger partial charge in [-0.1, -0.05) is 6.07 Å². The largest absolute Gasteiger partial charge is 0.484 e. The van der Waals surface area contributed by atoms with Gasteiger partial charge in [-0.2, -0.15) is 0 Å². The summed E-state index contributed by atoms with van der Waals surface area (Å²) in [6.45, 7) is 2.15. The van der Waals surface area contributed by atoms with Gasteiger partial charge in [-0.3, -0.25) is 13.9 Å². The van der Waals surface area contributed by atoms with Crippen LogP contribution in [0.3, 0.4) is 0 Å². The van der Waals surface area contributed by atoms with E-state index in [1.807, 2.05) is 0 Å². The summed E-state index contributed by atoms with van der Waals surface area (Å²) in [6.07, 6.45) is 4.34. The van der Waals surface area contributed by atoms with Crippen LogP contribution in [-0.2, 0) is 14.8 Å². The Hall–Kier alpha value is -4.03. The summed E-state index contributed by atoms with van der Waals surface area (Å²) in [6, 6.07) is 8.63. The summed E-state index contributed by atoms with van der Waals surface area (Å²) in [5, 5.41) is 0. The van der Waals surface area contributed by atoms with Crippen molar-refractivity contribution >= 4 is 21.4 Å². The molecule has 4 aromatic rings. The van der Waals surface area contributed by atoms with E-state index in [1.165, 1.54) is 55.4 Å². The molecule has 188 valence electrons. The third-order valence-corrected chi connectivity index (χ3v) is 6.61. The minimum atomic E-state index is -4.29. The molecule has 0 aliphatic heterocycles. The molecular weight excluding hydrogens is 491 g/mol. The van der Waals surface area contributed by atoms with E-state index in [9.17, 15) is 17.6 Å². The maximum Gasteiger partial charge on any atom is 0.300 e. The van der Waals surface area contributed by atoms with Gasteiger partial charge in [0.25, 0.3) is 15.6 Å². The van der Waals surface area contributed by atoms with E-state index in [-0.39, 0.29) is 23.9 Å². The zero-order chi connectivity index (χ0) is 25.9. The first-order chi connectivity index (χ1) is 17.2. The lowest BCUT2D eigenvalue weighted by molar-refractivity contribution is 0.145. The van der Waals surface area contributed by atoms with Gasteiger partial charge in [0.1, 0.15) is 28.7 Å². The lowest BCUT2D eigenvalue weighted by Crippen LogP contribution is -2.19. The monoisotopic (exact) mass is 514 g/mol. The number of hydrogen-bond donors (Lipinski definition) is 1. The lowest BCUT2D eigenvalue weighted by Gasteiger charge is -2.14. The molecule has 0 spiro atoms. The first-order valence-corrected chi connectivity index (χ1v) is 12.2. The molecule has 0 radical (unpaired) electrons. The van der Waals surface area contributed by atoms with E-state index >= 15 is 0 Å². The number of sulfonamides is 1. The Kier molecular flexibility index (Phi) is 7.17. The molecule has 0 unspecified atom stereocenters. The van der Waals surface area contributed by atoms with Crippen molar-refractivity contribution in [2.75, 3.05) is 32.2 Å². The Bertz CT molecular complexity index is 1590. The number of aromatic nitrogens is 3. The number of nitrogens with zero attached hydrogens (tertiary/aromatic N) is 3. The third kappa shape index (κ3) is 5.14. The van der Waals surface area contributed by atoms with E-state index in [2.05, 4.69) is 14.7 Å². The highest BCUT2D eigenvalue weighted by Gasteiger charge is 2.22. The molecule has 0 saturated heterocycles. The quantitative estimate of drug-likeness (QED) is 0.339. The van der Waals surface area contributed by atoms with Crippen molar-refractivity contribution in [3.8, 4) is 22.8 Å². The summed E-state index contributed by atoms with van der Waals surface area (Å²) in [7, 11) is -1.43. The second-order valence-electron chi connectivity index (χ2n) is 7.74. The Morgan fingerprint density at radius 3 is 2.56 bits per heavy atom. The summed E-state index contributed by atoms with van der Waals surface area (Å²) in [4.78, 5) is 20.8. The Labute approximate surface area is 206 Å². The van der Waals surface area contributed by atoms with E-state index in [0.29, 0.717) is 28.9 Å². The van der Waals surface area contributed by atoms with Crippen LogP contribution in [0.25, 0.3) is 16.8 Å². The highest BCUT2D eigenvalue weighted by atomic mass is 32.2. The zero-order valence-corrected chi connectivity index (χ0v) is 20.5. The second kappa shape index (κ2) is 10.3. The minimum Gasteiger partial charge on any atom is -0.484 e. The molecule has 36 heavy (non-hydrogen) atoms. The minimum absolute atomic E-state index is 0.00260. The molecule has 12 heteroatoms. The molecule has 0 fully saturated rings.